The van der Waals surface area contributed by atoms with E-state index in [1.165, 1.54) is 23.3 Å². The first-order chi connectivity index (χ1) is 14.2. The van der Waals surface area contributed by atoms with Gasteiger partial charge in [0.2, 0.25) is 0 Å². The number of rotatable bonds is 3. The predicted octanol–water partition coefficient (Wildman–Crippen LogP) is 4.34. The van der Waals surface area contributed by atoms with Crippen LogP contribution in [0.15, 0.2) is 79.1 Å². The Morgan fingerprint density at radius 1 is 1.00 bits per heavy atom. The van der Waals surface area contributed by atoms with Crippen molar-refractivity contribution in [1.82, 2.24) is 15.2 Å². The number of nitrogens with zero attached hydrogens (tertiary/aromatic N) is 5. The van der Waals surface area contributed by atoms with Gasteiger partial charge in [-0.1, -0.05) is 24.0 Å². The summed E-state index contributed by atoms with van der Waals surface area (Å²) in [6.07, 6.45) is 1.43. The molecule has 5 rings (SSSR count). The van der Waals surface area contributed by atoms with E-state index >= 15 is 0 Å². The molecule has 0 saturated carbocycles. The maximum atomic E-state index is 3.99. The largest absolute Gasteiger partial charge is 0.504 e. The van der Waals surface area contributed by atoms with E-state index in [2.05, 4.69) is 88.1 Å². The molecule has 4 aromatic rings. The fourth-order valence-electron chi connectivity index (χ4n) is 3.23. The Morgan fingerprint density at radius 2 is 1.73 bits per heavy atom. The van der Waals surface area contributed by atoms with Crippen LogP contribution in [0.1, 0.15) is 11.1 Å². The number of fused-ring (bicyclic) bond motifs is 1. The average molecular weight is 572 g/mol. The van der Waals surface area contributed by atoms with Crippen LogP contribution < -0.4 is 14.9 Å². The molecule has 0 amide bonds. The van der Waals surface area contributed by atoms with Gasteiger partial charge in [-0.05, 0) is 25.7 Å². The molecule has 0 unspecified atom stereocenters. The second-order valence-electron chi connectivity index (χ2n) is 6.67. The summed E-state index contributed by atoms with van der Waals surface area (Å²) in [5.41, 5.74) is 5.57. The molecule has 155 valence electrons. The fraction of sp³-hybridized carbons (Fsp3) is 0.0833. The molecule has 3 aromatic carbocycles. The molecular formula is C24H21IrN5-4. The molecule has 2 heterocycles. The minimum Gasteiger partial charge on any atom is -0.504 e. The van der Waals surface area contributed by atoms with Crippen LogP contribution in [-0.4, -0.2) is 17.1 Å². The van der Waals surface area contributed by atoms with Crippen molar-refractivity contribution in [3.05, 3.63) is 110 Å². The van der Waals surface area contributed by atoms with E-state index in [9.17, 15) is 0 Å². The Bertz CT molecular complexity index is 1050. The van der Waals surface area contributed by atoms with Gasteiger partial charge >= 0.3 is 0 Å². The van der Waals surface area contributed by atoms with Crippen LogP contribution in [0.25, 0.3) is 11.4 Å². The minimum atomic E-state index is 0. The molecule has 0 spiro atoms. The SMILES string of the molecule is CN1[CH-]N(Cc2[c-]cccc2)c2ccccc21.[CH2-]c1ccccc1-c1ncn[n-]1.[Ir]. The van der Waals surface area contributed by atoms with Crippen LogP contribution in [0.5, 0.6) is 0 Å². The number of hydrogen-bond acceptors (Lipinski definition) is 4. The third-order valence-electron chi connectivity index (χ3n) is 4.64. The van der Waals surface area contributed by atoms with Gasteiger partial charge < -0.3 is 19.9 Å². The average Bonchev–Trinajstić information content (AvgIpc) is 3.39. The number of hydrogen-bond donors (Lipinski definition) is 0. The Hall–Kier alpha value is -3.08. The molecule has 1 aromatic heterocycles. The fourth-order valence-corrected chi connectivity index (χ4v) is 3.23. The van der Waals surface area contributed by atoms with Crippen molar-refractivity contribution < 1.29 is 20.1 Å². The van der Waals surface area contributed by atoms with Gasteiger partial charge in [0.15, 0.2) is 0 Å². The Kier molecular flexibility index (Phi) is 7.28. The van der Waals surface area contributed by atoms with E-state index in [1.54, 1.807) is 0 Å². The van der Waals surface area contributed by atoms with Gasteiger partial charge in [-0.15, -0.1) is 23.3 Å². The van der Waals surface area contributed by atoms with E-state index in [0.29, 0.717) is 5.82 Å². The van der Waals surface area contributed by atoms with E-state index < -0.39 is 0 Å². The molecule has 1 aliphatic rings. The van der Waals surface area contributed by atoms with E-state index in [-0.39, 0.29) is 20.1 Å². The van der Waals surface area contributed by atoms with Gasteiger partial charge in [-0.2, -0.15) is 55.6 Å². The molecule has 6 heteroatoms. The smallest absolute Gasteiger partial charge is 0.0300 e. The molecule has 0 saturated heterocycles. The van der Waals surface area contributed by atoms with Crippen LogP contribution in [0.3, 0.4) is 0 Å². The van der Waals surface area contributed by atoms with Crippen molar-refractivity contribution in [2.75, 3.05) is 16.8 Å². The molecule has 1 aliphatic heterocycles. The van der Waals surface area contributed by atoms with Crippen molar-refractivity contribution in [3.8, 4) is 11.4 Å². The molecule has 1 radical (unpaired) electrons. The summed E-state index contributed by atoms with van der Waals surface area (Å²) in [6, 6.07) is 27.5. The van der Waals surface area contributed by atoms with Crippen molar-refractivity contribution in [2.45, 2.75) is 6.54 Å². The van der Waals surface area contributed by atoms with Crippen LogP contribution in [0.2, 0.25) is 0 Å². The van der Waals surface area contributed by atoms with Gasteiger partial charge in [-0.3, -0.25) is 5.10 Å². The van der Waals surface area contributed by atoms with Crippen LogP contribution in [0.4, 0.5) is 11.4 Å². The minimum absolute atomic E-state index is 0. The molecule has 0 atom stereocenters. The van der Waals surface area contributed by atoms with Gasteiger partial charge in [0.05, 0.1) is 0 Å². The topological polar surface area (TPSA) is 46.4 Å². The summed E-state index contributed by atoms with van der Waals surface area (Å²) in [5, 5.41) is 7.50. The van der Waals surface area contributed by atoms with Crippen molar-refractivity contribution >= 4 is 11.4 Å². The van der Waals surface area contributed by atoms with E-state index in [0.717, 1.165) is 17.7 Å². The summed E-state index contributed by atoms with van der Waals surface area (Å²) in [7, 11) is 2.08. The number of benzene rings is 3. The standard InChI is InChI=1S/C15H14N2.C9H7N3.Ir/c1-16-12-17(11-13-7-3-2-4-8-13)15-10-6-5-9-14(15)16;1-7-4-2-3-5-8(7)9-10-6-11-12-9;/h2-7,9-10,12H,11H2,1H3;2-6H,1H2;/q2*-2;. The molecule has 0 fully saturated rings. The van der Waals surface area contributed by atoms with E-state index in [4.69, 9.17) is 0 Å². The zero-order valence-electron chi connectivity index (χ0n) is 16.6. The van der Waals surface area contributed by atoms with Gasteiger partial charge in [-0.25, -0.2) is 0 Å². The van der Waals surface area contributed by atoms with Crippen LogP contribution in [-0.2, 0) is 26.7 Å². The summed E-state index contributed by atoms with van der Waals surface area (Å²) in [4.78, 5) is 8.39. The number of anilines is 2. The van der Waals surface area contributed by atoms with Crippen LogP contribution >= 0.6 is 0 Å². The molecule has 30 heavy (non-hydrogen) atoms. The monoisotopic (exact) mass is 572 g/mol. The van der Waals surface area contributed by atoms with Crippen molar-refractivity contribution in [1.29, 1.82) is 0 Å². The summed E-state index contributed by atoms with van der Waals surface area (Å²) >= 11 is 0. The molecule has 5 nitrogen and oxygen atoms in total. The maximum absolute atomic E-state index is 3.99. The van der Waals surface area contributed by atoms with Crippen molar-refractivity contribution in [3.63, 3.8) is 0 Å². The summed E-state index contributed by atoms with van der Waals surface area (Å²) in [5.74, 6) is 0.639. The van der Waals surface area contributed by atoms with Gasteiger partial charge in [0.1, 0.15) is 0 Å². The van der Waals surface area contributed by atoms with Gasteiger partial charge in [0.25, 0.3) is 0 Å². The molecular weight excluding hydrogens is 551 g/mol. The molecule has 0 N–H and O–H groups in total. The second-order valence-corrected chi connectivity index (χ2v) is 6.67. The first-order valence-corrected chi connectivity index (χ1v) is 9.33. The maximum Gasteiger partial charge on any atom is 0.0300 e. The van der Waals surface area contributed by atoms with E-state index in [1.807, 2.05) is 36.4 Å². The second kappa shape index (κ2) is 10.1. The number of aromatic nitrogens is 3. The predicted molar refractivity (Wildman–Crippen MR) is 116 cm³/mol. The first-order valence-electron chi connectivity index (χ1n) is 9.33. The summed E-state index contributed by atoms with van der Waals surface area (Å²) < 4.78 is 0. The zero-order chi connectivity index (χ0) is 20.1. The third kappa shape index (κ3) is 4.90. The quantitative estimate of drug-likeness (QED) is 0.343. The number of para-hydroxylation sites is 2. The molecule has 0 aliphatic carbocycles. The molecule has 0 bridgehead atoms. The zero-order valence-corrected chi connectivity index (χ0v) is 19.0. The normalized spacial score (nSPS) is 11.9. The Balaban J connectivity index is 0.000000175. The Morgan fingerprint density at radius 3 is 2.43 bits per heavy atom. The van der Waals surface area contributed by atoms with Crippen LogP contribution in [0, 0.1) is 19.7 Å². The summed E-state index contributed by atoms with van der Waals surface area (Å²) in [6.45, 7) is 6.86. The first kappa shape index (κ1) is 21.6. The Labute approximate surface area is 191 Å². The third-order valence-corrected chi connectivity index (χ3v) is 4.64. The van der Waals surface area contributed by atoms with Gasteiger partial charge in [0, 0.05) is 37.8 Å². The van der Waals surface area contributed by atoms with Crippen molar-refractivity contribution in [2.24, 2.45) is 0 Å².